The van der Waals surface area contributed by atoms with Gasteiger partial charge in [0.05, 0.1) is 5.56 Å². The molecule has 0 fully saturated rings. The van der Waals surface area contributed by atoms with Crippen LogP contribution in [-0.4, -0.2) is 20.7 Å². The normalized spacial score (nSPS) is 10.1. The molecular weight excluding hydrogens is 363 g/mol. The number of hydrogen-bond acceptors (Lipinski definition) is 5. The highest BCUT2D eigenvalue weighted by atomic mass is 127. The van der Waals surface area contributed by atoms with Crippen LogP contribution in [0.25, 0.3) is 0 Å². The highest BCUT2D eigenvalue weighted by molar-refractivity contribution is 14.1. The van der Waals surface area contributed by atoms with Crippen molar-refractivity contribution in [2.75, 3.05) is 5.32 Å². The lowest BCUT2D eigenvalue weighted by Gasteiger charge is -2.03. The van der Waals surface area contributed by atoms with Crippen LogP contribution in [0.3, 0.4) is 0 Å². The van der Waals surface area contributed by atoms with Gasteiger partial charge in [0.15, 0.2) is 0 Å². The number of carbonyl (C=O) groups is 1. The molecule has 1 amide bonds. The van der Waals surface area contributed by atoms with Crippen LogP contribution >= 0.6 is 45.7 Å². The molecule has 0 unspecified atom stereocenters. The summed E-state index contributed by atoms with van der Waals surface area (Å²) >= 11 is 8.90. The van der Waals surface area contributed by atoms with E-state index in [1.165, 1.54) is 0 Å². The summed E-state index contributed by atoms with van der Waals surface area (Å²) in [5, 5.41) is 10.5. The second-order valence-electron chi connectivity index (χ2n) is 2.75. The molecule has 0 bridgehead atoms. The number of halogens is 2. The second kappa shape index (κ2) is 5.02. The first-order valence-electron chi connectivity index (χ1n) is 4.08. The number of nitrogens with zero attached hydrogens (tertiary/aromatic N) is 3. The number of aromatic nitrogens is 3. The molecule has 0 saturated carbocycles. The lowest BCUT2D eigenvalue weighted by Crippen LogP contribution is -2.13. The molecule has 8 heteroatoms. The quantitative estimate of drug-likeness (QED) is 0.829. The first kappa shape index (κ1) is 11.7. The zero-order valence-electron chi connectivity index (χ0n) is 7.65. The van der Waals surface area contributed by atoms with Crippen molar-refractivity contribution in [3.05, 3.63) is 32.4 Å². The zero-order chi connectivity index (χ0) is 11.5. The minimum absolute atomic E-state index is 0.273. The number of rotatable bonds is 2. The summed E-state index contributed by atoms with van der Waals surface area (Å²) in [6.07, 6.45) is 0. The van der Waals surface area contributed by atoms with E-state index in [0.717, 1.165) is 15.1 Å². The minimum Gasteiger partial charge on any atom is -0.295 e. The van der Waals surface area contributed by atoms with Gasteiger partial charge in [0.1, 0.15) is 0 Å². The molecule has 0 spiro atoms. The molecule has 0 atom stereocenters. The fourth-order valence-electron chi connectivity index (χ4n) is 1.02. The van der Waals surface area contributed by atoms with Gasteiger partial charge in [-0.2, -0.15) is 0 Å². The predicted octanol–water partition coefficient (Wildman–Crippen LogP) is 2.44. The van der Waals surface area contributed by atoms with Crippen molar-refractivity contribution < 1.29 is 4.79 Å². The van der Waals surface area contributed by atoms with Gasteiger partial charge in [-0.05, 0) is 46.0 Å². The van der Waals surface area contributed by atoms with E-state index in [0.29, 0.717) is 15.7 Å². The summed E-state index contributed by atoms with van der Waals surface area (Å²) in [5.74, 6) is -0.273. The Labute approximate surface area is 114 Å². The van der Waals surface area contributed by atoms with Crippen molar-refractivity contribution in [2.45, 2.75) is 0 Å². The highest BCUT2D eigenvalue weighted by Gasteiger charge is 2.12. The molecule has 82 valence electrons. The molecule has 0 aliphatic heterocycles. The lowest BCUT2D eigenvalue weighted by molar-refractivity contribution is 0.102. The molecule has 1 heterocycles. The molecule has 1 aromatic carbocycles. The van der Waals surface area contributed by atoms with E-state index in [9.17, 15) is 4.79 Å². The second-order valence-corrected chi connectivity index (χ2v) is 5.08. The summed E-state index contributed by atoms with van der Waals surface area (Å²) in [7, 11) is 0. The van der Waals surface area contributed by atoms with Crippen molar-refractivity contribution in [2.24, 2.45) is 0 Å². The molecule has 0 aliphatic carbocycles. The third-order valence-electron chi connectivity index (χ3n) is 1.69. The van der Waals surface area contributed by atoms with Crippen LogP contribution in [0.5, 0.6) is 0 Å². The van der Waals surface area contributed by atoms with Gasteiger partial charge in [-0.25, -0.2) is 0 Å². The third-order valence-corrected chi connectivity index (χ3v) is 3.38. The molecule has 2 rings (SSSR count). The average molecular weight is 367 g/mol. The Bertz CT molecular complexity index is 519. The van der Waals surface area contributed by atoms with Crippen LogP contribution in [0.4, 0.5) is 5.13 Å². The van der Waals surface area contributed by atoms with Crippen LogP contribution in [0.1, 0.15) is 10.4 Å². The number of anilines is 1. The maximum atomic E-state index is 11.8. The molecular formula is C8H4ClIN4OS. The van der Waals surface area contributed by atoms with E-state index in [1.807, 2.05) is 0 Å². The monoisotopic (exact) mass is 366 g/mol. The largest absolute Gasteiger partial charge is 0.295 e. The third kappa shape index (κ3) is 2.66. The van der Waals surface area contributed by atoms with Crippen LogP contribution in [0, 0.1) is 3.57 Å². The van der Waals surface area contributed by atoms with Crippen molar-refractivity contribution >= 4 is 56.8 Å². The Morgan fingerprint density at radius 1 is 1.50 bits per heavy atom. The Morgan fingerprint density at radius 2 is 2.31 bits per heavy atom. The van der Waals surface area contributed by atoms with Crippen LogP contribution in [-0.2, 0) is 0 Å². The molecule has 0 saturated heterocycles. The first-order valence-corrected chi connectivity index (χ1v) is 6.31. The summed E-state index contributed by atoms with van der Waals surface area (Å²) < 4.78 is 4.36. The van der Waals surface area contributed by atoms with Crippen molar-refractivity contribution in [1.29, 1.82) is 0 Å². The van der Waals surface area contributed by atoms with Gasteiger partial charge in [-0.1, -0.05) is 21.2 Å². The van der Waals surface area contributed by atoms with Crippen molar-refractivity contribution in [1.82, 2.24) is 14.8 Å². The van der Waals surface area contributed by atoms with E-state index in [-0.39, 0.29) is 5.91 Å². The topological polar surface area (TPSA) is 67.8 Å². The molecule has 1 N–H and O–H groups in total. The molecule has 2 aromatic rings. The summed E-state index contributed by atoms with van der Waals surface area (Å²) in [4.78, 5) is 11.8. The van der Waals surface area contributed by atoms with E-state index in [1.54, 1.807) is 18.2 Å². The smallest absolute Gasteiger partial charge is 0.258 e. The lowest BCUT2D eigenvalue weighted by atomic mass is 10.2. The number of hydrogen-bond donors (Lipinski definition) is 1. The molecule has 0 radical (unpaired) electrons. The Balaban J connectivity index is 2.24. The number of carbonyl (C=O) groups excluding carboxylic acids is 1. The van der Waals surface area contributed by atoms with Crippen molar-refractivity contribution in [3.63, 3.8) is 0 Å². The van der Waals surface area contributed by atoms with E-state index >= 15 is 0 Å². The maximum Gasteiger partial charge on any atom is 0.258 e. The van der Waals surface area contributed by atoms with Gasteiger partial charge < -0.3 is 0 Å². The molecule has 16 heavy (non-hydrogen) atoms. The Morgan fingerprint density at radius 3 is 3.00 bits per heavy atom. The summed E-state index contributed by atoms with van der Waals surface area (Å²) in [6.45, 7) is 0. The summed E-state index contributed by atoms with van der Waals surface area (Å²) in [5.41, 5.74) is 0.503. The van der Waals surface area contributed by atoms with E-state index in [2.05, 4.69) is 42.7 Å². The molecule has 0 aliphatic rings. The van der Waals surface area contributed by atoms with E-state index < -0.39 is 0 Å². The van der Waals surface area contributed by atoms with Gasteiger partial charge in [-0.15, -0.1) is 0 Å². The standard InChI is InChI=1S/C8H4ClIN4OS/c9-4-1-2-6(10)5(3-4)7(15)11-8-12-13-14-16-8/h1-3H,(H,11,12,14,15). The van der Waals surface area contributed by atoms with Gasteiger partial charge in [0.2, 0.25) is 5.13 Å². The maximum absolute atomic E-state index is 11.8. The molecule has 5 nitrogen and oxygen atoms in total. The highest BCUT2D eigenvalue weighted by Crippen LogP contribution is 2.19. The van der Waals surface area contributed by atoms with Crippen molar-refractivity contribution in [3.8, 4) is 0 Å². The van der Waals surface area contributed by atoms with Crippen LogP contribution in [0.2, 0.25) is 5.02 Å². The number of nitrogens with one attached hydrogen (secondary N) is 1. The van der Waals surface area contributed by atoms with Gasteiger partial charge in [-0.3, -0.25) is 10.1 Å². The Hall–Kier alpha value is -0.800. The zero-order valence-corrected chi connectivity index (χ0v) is 11.4. The van der Waals surface area contributed by atoms with Crippen LogP contribution < -0.4 is 5.32 Å². The summed E-state index contributed by atoms with van der Waals surface area (Å²) in [6, 6.07) is 5.11. The average Bonchev–Trinajstić information content (AvgIpc) is 2.74. The van der Waals surface area contributed by atoms with Gasteiger partial charge in [0, 0.05) is 20.1 Å². The number of benzene rings is 1. The first-order chi connectivity index (χ1) is 7.66. The fraction of sp³-hybridized carbons (Fsp3) is 0. The minimum atomic E-state index is -0.273. The SMILES string of the molecule is O=C(Nc1nnns1)c1cc(Cl)ccc1I. The number of amides is 1. The van der Waals surface area contributed by atoms with Crippen LogP contribution in [0.15, 0.2) is 18.2 Å². The van der Waals surface area contributed by atoms with Gasteiger partial charge in [0.25, 0.3) is 5.91 Å². The Kier molecular flexibility index (Phi) is 3.66. The van der Waals surface area contributed by atoms with E-state index in [4.69, 9.17) is 11.6 Å². The molecule has 1 aromatic heterocycles. The van der Waals surface area contributed by atoms with Gasteiger partial charge >= 0.3 is 0 Å². The predicted molar refractivity (Wildman–Crippen MR) is 69.8 cm³/mol. The fourth-order valence-corrected chi connectivity index (χ4v) is 2.13.